The van der Waals surface area contributed by atoms with Crippen LogP contribution in [0.2, 0.25) is 0 Å². The number of benzene rings is 1. The van der Waals surface area contributed by atoms with Gasteiger partial charge in [0.15, 0.2) is 0 Å². The highest BCUT2D eigenvalue weighted by Gasteiger charge is 2.45. The molecule has 0 aromatic heterocycles. The third-order valence-corrected chi connectivity index (χ3v) is 5.56. The standard InChI is InChI=1S/C15H23FN2O2S/c1-4-17-9-11-5-6-14(13(16)7-11)21(19,20)18-10-12-8-15(12,2)3/h5-7,12,17-18H,4,8-10H2,1-3H3. The van der Waals surface area contributed by atoms with E-state index in [4.69, 9.17) is 0 Å². The van der Waals surface area contributed by atoms with Gasteiger partial charge < -0.3 is 5.32 Å². The topological polar surface area (TPSA) is 58.2 Å². The van der Waals surface area contributed by atoms with Gasteiger partial charge in [0, 0.05) is 13.1 Å². The van der Waals surface area contributed by atoms with Crippen LogP contribution in [0.1, 0.15) is 32.8 Å². The van der Waals surface area contributed by atoms with Crippen LogP contribution in [0.4, 0.5) is 4.39 Å². The first-order valence-corrected chi connectivity index (χ1v) is 8.73. The van der Waals surface area contributed by atoms with Crippen LogP contribution in [0.15, 0.2) is 23.1 Å². The van der Waals surface area contributed by atoms with Crippen molar-refractivity contribution in [2.24, 2.45) is 11.3 Å². The molecule has 0 bridgehead atoms. The average molecular weight is 314 g/mol. The third-order valence-electron chi connectivity index (χ3n) is 4.10. The van der Waals surface area contributed by atoms with Gasteiger partial charge in [-0.15, -0.1) is 0 Å². The van der Waals surface area contributed by atoms with Gasteiger partial charge in [-0.3, -0.25) is 0 Å². The van der Waals surface area contributed by atoms with Crippen molar-refractivity contribution in [3.8, 4) is 0 Å². The Morgan fingerprint density at radius 2 is 2.05 bits per heavy atom. The van der Waals surface area contributed by atoms with E-state index in [1.165, 1.54) is 12.1 Å². The van der Waals surface area contributed by atoms with E-state index in [0.717, 1.165) is 18.5 Å². The van der Waals surface area contributed by atoms with Crippen LogP contribution in [-0.4, -0.2) is 21.5 Å². The van der Waals surface area contributed by atoms with E-state index in [1.807, 2.05) is 6.92 Å². The fourth-order valence-electron chi connectivity index (χ4n) is 2.35. The highest BCUT2D eigenvalue weighted by atomic mass is 32.2. The molecule has 1 saturated carbocycles. The Morgan fingerprint density at radius 1 is 1.38 bits per heavy atom. The van der Waals surface area contributed by atoms with Crippen molar-refractivity contribution in [2.45, 2.75) is 38.6 Å². The lowest BCUT2D eigenvalue weighted by Gasteiger charge is -2.10. The van der Waals surface area contributed by atoms with Gasteiger partial charge in [-0.25, -0.2) is 17.5 Å². The molecule has 0 spiro atoms. The summed E-state index contributed by atoms with van der Waals surface area (Å²) in [5.41, 5.74) is 0.924. The summed E-state index contributed by atoms with van der Waals surface area (Å²) in [5, 5.41) is 3.08. The molecule has 1 aromatic rings. The zero-order valence-corrected chi connectivity index (χ0v) is 13.6. The van der Waals surface area contributed by atoms with Gasteiger partial charge in [0.05, 0.1) is 0 Å². The first-order valence-electron chi connectivity index (χ1n) is 7.25. The van der Waals surface area contributed by atoms with E-state index in [-0.39, 0.29) is 10.3 Å². The molecule has 2 N–H and O–H groups in total. The second-order valence-corrected chi connectivity index (χ2v) is 8.02. The van der Waals surface area contributed by atoms with Crippen molar-refractivity contribution >= 4 is 10.0 Å². The summed E-state index contributed by atoms with van der Waals surface area (Å²) in [7, 11) is -3.78. The van der Waals surface area contributed by atoms with Crippen molar-refractivity contribution < 1.29 is 12.8 Å². The molecule has 6 heteroatoms. The Kier molecular flexibility index (Phi) is 4.70. The van der Waals surface area contributed by atoms with Gasteiger partial charge in [0.25, 0.3) is 0 Å². The molecule has 1 aliphatic rings. The molecule has 0 aliphatic heterocycles. The van der Waals surface area contributed by atoms with Crippen molar-refractivity contribution in [3.05, 3.63) is 29.6 Å². The zero-order valence-electron chi connectivity index (χ0n) is 12.7. The van der Waals surface area contributed by atoms with Crippen molar-refractivity contribution in [1.29, 1.82) is 0 Å². The minimum absolute atomic E-state index is 0.191. The van der Waals surface area contributed by atoms with E-state index < -0.39 is 15.8 Å². The molecule has 2 rings (SSSR count). The van der Waals surface area contributed by atoms with Gasteiger partial charge in [0.1, 0.15) is 10.7 Å². The lowest BCUT2D eigenvalue weighted by Crippen LogP contribution is -2.27. The van der Waals surface area contributed by atoms with Crippen molar-refractivity contribution in [3.63, 3.8) is 0 Å². The molecule has 21 heavy (non-hydrogen) atoms. The Balaban J connectivity index is 2.05. The van der Waals surface area contributed by atoms with Gasteiger partial charge in [-0.2, -0.15) is 0 Å². The van der Waals surface area contributed by atoms with Crippen LogP contribution in [0, 0.1) is 17.2 Å². The minimum atomic E-state index is -3.78. The van der Waals surface area contributed by atoms with Crippen molar-refractivity contribution in [1.82, 2.24) is 10.0 Å². The Labute approximate surface area is 126 Å². The van der Waals surface area contributed by atoms with E-state index in [9.17, 15) is 12.8 Å². The molecule has 0 amide bonds. The maximum absolute atomic E-state index is 14.0. The van der Waals surface area contributed by atoms with E-state index >= 15 is 0 Å². The Hall–Kier alpha value is -0.980. The van der Waals surface area contributed by atoms with Gasteiger partial charge >= 0.3 is 0 Å². The lowest BCUT2D eigenvalue weighted by molar-refractivity contribution is 0.530. The molecule has 1 aromatic carbocycles. The van der Waals surface area contributed by atoms with E-state index in [1.54, 1.807) is 6.07 Å². The molecule has 0 saturated heterocycles. The van der Waals surface area contributed by atoms with Crippen LogP contribution in [-0.2, 0) is 16.6 Å². The summed E-state index contributed by atoms with van der Waals surface area (Å²) in [6, 6.07) is 4.25. The van der Waals surface area contributed by atoms with Gasteiger partial charge in [0.2, 0.25) is 10.0 Å². The maximum atomic E-state index is 14.0. The molecule has 4 nitrogen and oxygen atoms in total. The highest BCUT2D eigenvalue weighted by Crippen LogP contribution is 2.51. The smallest absolute Gasteiger partial charge is 0.243 e. The fourth-order valence-corrected chi connectivity index (χ4v) is 3.49. The molecule has 118 valence electrons. The van der Waals surface area contributed by atoms with Crippen LogP contribution in [0.25, 0.3) is 0 Å². The highest BCUT2D eigenvalue weighted by molar-refractivity contribution is 7.89. The maximum Gasteiger partial charge on any atom is 0.243 e. The fraction of sp³-hybridized carbons (Fsp3) is 0.600. The lowest BCUT2D eigenvalue weighted by atomic mass is 10.1. The van der Waals surface area contributed by atoms with Crippen LogP contribution in [0.5, 0.6) is 0 Å². The van der Waals surface area contributed by atoms with Gasteiger partial charge in [-0.05, 0) is 42.0 Å². The number of nitrogens with one attached hydrogen (secondary N) is 2. The summed E-state index contributed by atoms with van der Waals surface area (Å²) in [6.07, 6.45) is 1.000. The number of hydrogen-bond donors (Lipinski definition) is 2. The molecule has 1 atom stereocenters. The number of rotatable bonds is 7. The summed E-state index contributed by atoms with van der Waals surface area (Å²) in [6.45, 7) is 7.83. The normalized spacial score (nSPS) is 20.5. The molecule has 0 heterocycles. The molecular formula is C15H23FN2O2S. The monoisotopic (exact) mass is 314 g/mol. The Morgan fingerprint density at radius 3 is 2.57 bits per heavy atom. The molecule has 0 radical (unpaired) electrons. The molecule has 1 unspecified atom stereocenters. The first-order chi connectivity index (χ1) is 9.76. The third kappa shape index (κ3) is 4.02. The average Bonchev–Trinajstić information content (AvgIpc) is 3.01. The quantitative estimate of drug-likeness (QED) is 0.811. The second kappa shape index (κ2) is 6.02. The molecular weight excluding hydrogens is 291 g/mol. The number of halogens is 1. The first kappa shape index (κ1) is 16.4. The zero-order chi connectivity index (χ0) is 15.7. The number of hydrogen-bond acceptors (Lipinski definition) is 3. The summed E-state index contributed by atoms with van der Waals surface area (Å²) < 4.78 is 40.8. The predicted molar refractivity (Wildman–Crippen MR) is 80.9 cm³/mol. The number of sulfonamides is 1. The van der Waals surface area contributed by atoms with E-state index in [0.29, 0.717) is 19.0 Å². The van der Waals surface area contributed by atoms with Crippen molar-refractivity contribution in [2.75, 3.05) is 13.1 Å². The SMILES string of the molecule is CCNCc1ccc(S(=O)(=O)NCC2CC2(C)C)c(F)c1. The summed E-state index contributed by atoms with van der Waals surface area (Å²) >= 11 is 0. The second-order valence-electron chi connectivity index (χ2n) is 6.29. The molecule has 1 fully saturated rings. The predicted octanol–water partition coefficient (Wildman–Crippen LogP) is 2.26. The minimum Gasteiger partial charge on any atom is -0.313 e. The summed E-state index contributed by atoms with van der Waals surface area (Å²) in [4.78, 5) is -0.277. The van der Waals surface area contributed by atoms with Crippen LogP contribution < -0.4 is 10.0 Å². The van der Waals surface area contributed by atoms with E-state index in [2.05, 4.69) is 23.9 Å². The summed E-state index contributed by atoms with van der Waals surface area (Å²) in [5.74, 6) is -0.365. The van der Waals surface area contributed by atoms with Crippen LogP contribution >= 0.6 is 0 Å². The van der Waals surface area contributed by atoms with Gasteiger partial charge in [-0.1, -0.05) is 26.8 Å². The molecule has 1 aliphatic carbocycles. The Bertz CT molecular complexity index is 614. The van der Waals surface area contributed by atoms with Crippen LogP contribution in [0.3, 0.4) is 0 Å². The largest absolute Gasteiger partial charge is 0.313 e.